The van der Waals surface area contributed by atoms with Crippen LogP contribution in [-0.4, -0.2) is 66.9 Å². The molecule has 1 aliphatic carbocycles. The lowest BCUT2D eigenvalue weighted by Crippen LogP contribution is -2.51. The number of nitrogens with zero attached hydrogens (tertiary/aromatic N) is 2. The topological polar surface area (TPSA) is 81.8 Å². The van der Waals surface area contributed by atoms with Crippen LogP contribution in [0.2, 0.25) is 0 Å². The van der Waals surface area contributed by atoms with Crippen molar-refractivity contribution in [2.75, 3.05) is 33.7 Å². The van der Waals surface area contributed by atoms with Gasteiger partial charge in [-0.05, 0) is 64.1 Å². The summed E-state index contributed by atoms with van der Waals surface area (Å²) in [6.07, 6.45) is 3.97. The first-order chi connectivity index (χ1) is 12.0. The van der Waals surface area contributed by atoms with Crippen molar-refractivity contribution in [3.05, 3.63) is 0 Å². The predicted octanol–water partition coefficient (Wildman–Crippen LogP) is 1.58. The number of rotatable bonds is 6. The normalized spacial score (nSPS) is 26.5. The van der Waals surface area contributed by atoms with E-state index in [0.29, 0.717) is 25.3 Å². The summed E-state index contributed by atoms with van der Waals surface area (Å²) >= 11 is 0. The summed E-state index contributed by atoms with van der Waals surface area (Å²) in [5.41, 5.74) is -0.594. The van der Waals surface area contributed by atoms with Gasteiger partial charge in [-0.2, -0.15) is 0 Å². The fourth-order valence-corrected chi connectivity index (χ4v) is 3.96. The molecule has 0 bridgehead atoms. The van der Waals surface area contributed by atoms with Gasteiger partial charge in [0.1, 0.15) is 12.1 Å². The van der Waals surface area contributed by atoms with Crippen molar-refractivity contribution < 1.29 is 14.4 Å². The Morgan fingerprint density at radius 1 is 1.27 bits per heavy atom. The molecule has 1 aliphatic heterocycles. The lowest BCUT2D eigenvalue weighted by Gasteiger charge is -2.40. The highest BCUT2D eigenvalue weighted by Crippen LogP contribution is 2.43. The third kappa shape index (κ3) is 4.75. The molecule has 0 aromatic carbocycles. The molecule has 1 saturated heterocycles. The summed E-state index contributed by atoms with van der Waals surface area (Å²) in [6, 6.07) is -0.437. The number of nitrogens with one attached hydrogen (secondary N) is 2. The van der Waals surface area contributed by atoms with E-state index in [1.807, 2.05) is 19.0 Å². The highest BCUT2D eigenvalue weighted by atomic mass is 16.2. The van der Waals surface area contributed by atoms with Crippen LogP contribution in [0, 0.1) is 11.3 Å². The Morgan fingerprint density at radius 3 is 2.42 bits per heavy atom. The standard InChI is InChI=1S/C19H34N4O3/c1-18(2,3)14-7-9-19(10-8-14)16(25)23(17(26)21-19)13-15(24)20-11-6-12-22(4)5/h14H,6-13H2,1-5H3,(H,20,24)(H,21,26). The van der Waals surface area contributed by atoms with E-state index in [2.05, 4.69) is 31.4 Å². The molecule has 0 aromatic heterocycles. The van der Waals surface area contributed by atoms with Crippen LogP contribution >= 0.6 is 0 Å². The van der Waals surface area contributed by atoms with Crippen molar-refractivity contribution in [1.82, 2.24) is 20.4 Å². The average molecular weight is 367 g/mol. The minimum atomic E-state index is -0.802. The summed E-state index contributed by atoms with van der Waals surface area (Å²) in [6.45, 7) is 7.88. The second kappa shape index (κ2) is 7.94. The average Bonchev–Trinajstić information content (AvgIpc) is 2.75. The Bertz CT molecular complexity index is 545. The number of amides is 4. The second-order valence-corrected chi connectivity index (χ2v) is 9.05. The molecule has 1 spiro atoms. The van der Waals surface area contributed by atoms with Crippen LogP contribution in [0.25, 0.3) is 0 Å². The minimum absolute atomic E-state index is 0.197. The van der Waals surface area contributed by atoms with E-state index in [1.54, 1.807) is 0 Å². The molecule has 1 heterocycles. The van der Waals surface area contributed by atoms with E-state index in [-0.39, 0.29) is 23.8 Å². The van der Waals surface area contributed by atoms with Gasteiger partial charge in [0.25, 0.3) is 5.91 Å². The summed E-state index contributed by atoms with van der Waals surface area (Å²) in [4.78, 5) is 40.4. The molecule has 0 unspecified atom stereocenters. The second-order valence-electron chi connectivity index (χ2n) is 9.05. The summed E-state index contributed by atoms with van der Waals surface area (Å²) in [5.74, 6) is 0.0258. The molecular formula is C19H34N4O3. The lowest BCUT2D eigenvalue weighted by molar-refractivity contribution is -0.136. The first-order valence-electron chi connectivity index (χ1n) is 9.61. The van der Waals surface area contributed by atoms with Gasteiger partial charge in [0.05, 0.1) is 0 Å². The maximum Gasteiger partial charge on any atom is 0.325 e. The van der Waals surface area contributed by atoms with E-state index in [1.165, 1.54) is 0 Å². The van der Waals surface area contributed by atoms with Crippen molar-refractivity contribution in [3.63, 3.8) is 0 Å². The molecule has 2 fully saturated rings. The van der Waals surface area contributed by atoms with Gasteiger partial charge in [0, 0.05) is 6.54 Å². The zero-order chi connectivity index (χ0) is 19.5. The Kier molecular flexibility index (Phi) is 6.32. The highest BCUT2D eigenvalue weighted by molar-refractivity contribution is 6.09. The van der Waals surface area contributed by atoms with Gasteiger partial charge in [-0.15, -0.1) is 0 Å². The predicted molar refractivity (Wildman–Crippen MR) is 101 cm³/mol. The number of carbonyl (C=O) groups excluding carboxylic acids is 3. The Morgan fingerprint density at radius 2 is 1.88 bits per heavy atom. The number of hydrogen-bond donors (Lipinski definition) is 2. The number of hydrogen-bond acceptors (Lipinski definition) is 4. The van der Waals surface area contributed by atoms with Gasteiger partial charge < -0.3 is 15.5 Å². The van der Waals surface area contributed by atoms with Crippen LogP contribution in [0.4, 0.5) is 4.79 Å². The zero-order valence-corrected chi connectivity index (χ0v) is 16.9. The molecule has 7 heteroatoms. The highest BCUT2D eigenvalue weighted by Gasteiger charge is 2.53. The van der Waals surface area contributed by atoms with Crippen molar-refractivity contribution in [3.8, 4) is 0 Å². The van der Waals surface area contributed by atoms with E-state index in [9.17, 15) is 14.4 Å². The number of urea groups is 1. The minimum Gasteiger partial charge on any atom is -0.354 e. The van der Waals surface area contributed by atoms with Crippen LogP contribution in [0.1, 0.15) is 52.9 Å². The molecule has 1 saturated carbocycles. The Balaban J connectivity index is 1.88. The van der Waals surface area contributed by atoms with E-state index in [4.69, 9.17) is 0 Å². The fraction of sp³-hybridized carbons (Fsp3) is 0.842. The number of carbonyl (C=O) groups is 3. The van der Waals surface area contributed by atoms with Crippen LogP contribution in [-0.2, 0) is 9.59 Å². The fourth-order valence-electron chi connectivity index (χ4n) is 3.96. The Labute approximate surface area is 156 Å². The van der Waals surface area contributed by atoms with Gasteiger partial charge in [-0.1, -0.05) is 20.8 Å². The monoisotopic (exact) mass is 366 g/mol. The zero-order valence-electron chi connectivity index (χ0n) is 16.9. The van der Waals surface area contributed by atoms with Gasteiger partial charge in [-0.25, -0.2) is 4.79 Å². The lowest BCUT2D eigenvalue weighted by atomic mass is 9.67. The summed E-state index contributed by atoms with van der Waals surface area (Å²) in [5, 5.41) is 5.66. The van der Waals surface area contributed by atoms with Crippen molar-refractivity contribution in [2.24, 2.45) is 11.3 Å². The molecule has 2 aliphatic rings. The van der Waals surface area contributed by atoms with Gasteiger partial charge in [0.15, 0.2) is 0 Å². The molecule has 7 nitrogen and oxygen atoms in total. The van der Waals surface area contributed by atoms with Gasteiger partial charge >= 0.3 is 6.03 Å². The summed E-state index contributed by atoms with van der Waals surface area (Å²) < 4.78 is 0. The van der Waals surface area contributed by atoms with E-state index in [0.717, 1.165) is 30.7 Å². The number of imide groups is 1. The SMILES string of the molecule is CN(C)CCCNC(=O)CN1C(=O)NC2(CCC(C(C)(C)C)CC2)C1=O. The van der Waals surface area contributed by atoms with Crippen LogP contribution < -0.4 is 10.6 Å². The van der Waals surface area contributed by atoms with Gasteiger partial charge in [-0.3, -0.25) is 14.5 Å². The van der Waals surface area contributed by atoms with E-state index >= 15 is 0 Å². The third-order valence-electron chi connectivity index (χ3n) is 5.72. The Hall–Kier alpha value is -1.63. The van der Waals surface area contributed by atoms with Crippen molar-refractivity contribution in [2.45, 2.75) is 58.4 Å². The molecule has 0 atom stereocenters. The first kappa shape index (κ1) is 20.7. The largest absolute Gasteiger partial charge is 0.354 e. The quantitative estimate of drug-likeness (QED) is 0.552. The molecular weight excluding hydrogens is 332 g/mol. The maximum atomic E-state index is 12.9. The van der Waals surface area contributed by atoms with Crippen LogP contribution in [0.3, 0.4) is 0 Å². The molecule has 0 aromatic rings. The van der Waals surface area contributed by atoms with Crippen molar-refractivity contribution >= 4 is 17.8 Å². The maximum absolute atomic E-state index is 12.9. The van der Waals surface area contributed by atoms with Crippen molar-refractivity contribution in [1.29, 1.82) is 0 Å². The molecule has 148 valence electrons. The van der Waals surface area contributed by atoms with E-state index < -0.39 is 11.6 Å². The van der Waals surface area contributed by atoms with Gasteiger partial charge in [0.2, 0.25) is 5.91 Å². The molecule has 0 radical (unpaired) electrons. The molecule has 2 rings (SSSR count). The first-order valence-corrected chi connectivity index (χ1v) is 9.61. The molecule has 4 amide bonds. The third-order valence-corrected chi connectivity index (χ3v) is 5.72. The summed E-state index contributed by atoms with van der Waals surface area (Å²) in [7, 11) is 3.95. The smallest absolute Gasteiger partial charge is 0.325 e. The molecule has 2 N–H and O–H groups in total. The van der Waals surface area contributed by atoms with Crippen LogP contribution in [0.15, 0.2) is 0 Å². The molecule has 26 heavy (non-hydrogen) atoms. The van der Waals surface area contributed by atoms with Crippen LogP contribution in [0.5, 0.6) is 0 Å².